The van der Waals surface area contributed by atoms with E-state index in [9.17, 15) is 26.4 Å². The molecule has 2 aliphatic heterocycles. The molecule has 2 amide bonds. The van der Waals surface area contributed by atoms with E-state index < -0.39 is 53.7 Å². The van der Waals surface area contributed by atoms with E-state index in [1.54, 1.807) is 24.3 Å². The zero-order valence-corrected chi connectivity index (χ0v) is 17.3. The largest absolute Gasteiger partial charge is 0.319 e. The van der Waals surface area contributed by atoms with Crippen molar-refractivity contribution in [2.45, 2.75) is 10.7 Å². The van der Waals surface area contributed by atoms with Gasteiger partial charge in [0.05, 0.1) is 0 Å². The minimum Gasteiger partial charge on any atom is -0.319 e. The Labute approximate surface area is 173 Å². The van der Waals surface area contributed by atoms with Crippen LogP contribution in [-0.2, 0) is 29.3 Å². The van der Waals surface area contributed by atoms with Crippen molar-refractivity contribution in [3.05, 3.63) is 60.2 Å². The molecule has 2 aromatic rings. The maximum absolute atomic E-state index is 12.6. The summed E-state index contributed by atoms with van der Waals surface area (Å²) in [6.45, 7) is -0.259. The summed E-state index contributed by atoms with van der Waals surface area (Å²) in [5.74, 6) is -2.50. The first kappa shape index (κ1) is 20.4. The Morgan fingerprint density at radius 3 is 1.50 bits per heavy atom. The molecule has 2 aliphatic rings. The zero-order chi connectivity index (χ0) is 21.5. The molecule has 4 heterocycles. The number of carbonyl (C=O) groups excluding carboxylic acids is 2. The average Bonchev–Trinajstić information content (AvgIpc) is 3.07. The van der Waals surface area contributed by atoms with Crippen LogP contribution in [0.25, 0.3) is 0 Å². The summed E-state index contributed by atoms with van der Waals surface area (Å²) in [7, 11) is -7.56. The van der Waals surface area contributed by atoms with E-state index >= 15 is 0 Å². The lowest BCUT2D eigenvalue weighted by Crippen LogP contribution is -2.39. The summed E-state index contributed by atoms with van der Waals surface area (Å²) in [6.07, 6.45) is 5.72. The van der Waals surface area contributed by atoms with E-state index in [0.29, 0.717) is 11.1 Å². The molecule has 0 aromatic carbocycles. The number of aromatic nitrogens is 2. The van der Waals surface area contributed by atoms with Gasteiger partial charge >= 0.3 is 0 Å². The number of pyridine rings is 2. The molecule has 2 aromatic heterocycles. The minimum absolute atomic E-state index is 0.129. The van der Waals surface area contributed by atoms with E-state index in [1.807, 2.05) is 0 Å². The zero-order valence-electron chi connectivity index (χ0n) is 15.7. The first-order valence-corrected chi connectivity index (χ1v) is 12.5. The second-order valence-corrected chi connectivity index (χ2v) is 11.2. The Balaban J connectivity index is 1.62. The maximum atomic E-state index is 12.6. The number of sulfone groups is 2. The molecule has 2 saturated heterocycles. The minimum atomic E-state index is -3.78. The quantitative estimate of drug-likeness (QED) is 0.605. The molecular weight excluding hydrogens is 432 g/mol. The van der Waals surface area contributed by atoms with Gasteiger partial charge in [-0.2, -0.15) is 0 Å². The number of nitrogens with zero attached hydrogens (tertiary/aromatic N) is 4. The normalized spacial score (nSPS) is 25.1. The highest BCUT2D eigenvalue weighted by Crippen LogP contribution is 2.35. The molecule has 30 heavy (non-hydrogen) atoms. The van der Waals surface area contributed by atoms with Gasteiger partial charge in [-0.15, -0.1) is 0 Å². The predicted octanol–water partition coefficient (Wildman–Crippen LogP) is -0.312. The molecule has 0 unspecified atom stereocenters. The van der Waals surface area contributed by atoms with Crippen LogP contribution in [0.5, 0.6) is 0 Å². The van der Waals surface area contributed by atoms with Crippen LogP contribution in [0.2, 0.25) is 0 Å². The molecule has 158 valence electrons. The highest BCUT2D eigenvalue weighted by Gasteiger charge is 2.48. The van der Waals surface area contributed by atoms with E-state index in [2.05, 4.69) is 9.97 Å². The Morgan fingerprint density at radius 1 is 0.767 bits per heavy atom. The van der Waals surface area contributed by atoms with Crippen LogP contribution in [0.3, 0.4) is 0 Å². The SMILES string of the molecule is O=C1CS(=O)(=O)[C@H](c2cccnc2)N1CCN1C(=O)CS(=O)(=O)[C@H]1c1cccnc1. The van der Waals surface area contributed by atoms with Crippen molar-refractivity contribution in [3.8, 4) is 0 Å². The van der Waals surface area contributed by atoms with E-state index in [4.69, 9.17) is 0 Å². The number of hydrogen-bond acceptors (Lipinski definition) is 8. The molecule has 10 nitrogen and oxygen atoms in total. The third-order valence-corrected chi connectivity index (χ3v) is 8.77. The monoisotopic (exact) mass is 450 g/mol. The highest BCUT2D eigenvalue weighted by molar-refractivity contribution is 7.93. The van der Waals surface area contributed by atoms with Gasteiger partial charge in [0.2, 0.25) is 11.8 Å². The molecule has 0 bridgehead atoms. The summed E-state index contributed by atoms with van der Waals surface area (Å²) >= 11 is 0. The fraction of sp³-hybridized carbons (Fsp3) is 0.333. The van der Waals surface area contributed by atoms with Crippen LogP contribution in [0.1, 0.15) is 21.9 Å². The van der Waals surface area contributed by atoms with Gasteiger partial charge in [-0.1, -0.05) is 12.1 Å². The molecule has 4 rings (SSSR count). The topological polar surface area (TPSA) is 135 Å². The van der Waals surface area contributed by atoms with Gasteiger partial charge in [0, 0.05) is 49.0 Å². The average molecular weight is 450 g/mol. The second-order valence-electron chi connectivity index (χ2n) is 7.07. The van der Waals surface area contributed by atoms with Crippen LogP contribution in [0.4, 0.5) is 0 Å². The van der Waals surface area contributed by atoms with Crippen molar-refractivity contribution >= 4 is 31.5 Å². The fourth-order valence-electron chi connectivity index (χ4n) is 3.84. The van der Waals surface area contributed by atoms with Gasteiger partial charge in [0.15, 0.2) is 30.4 Å². The molecule has 0 spiro atoms. The predicted molar refractivity (Wildman–Crippen MR) is 105 cm³/mol. The first-order valence-electron chi connectivity index (χ1n) is 9.03. The van der Waals surface area contributed by atoms with Crippen molar-refractivity contribution in [3.63, 3.8) is 0 Å². The third-order valence-electron chi connectivity index (χ3n) is 5.06. The number of amides is 2. The summed E-state index contributed by atoms with van der Waals surface area (Å²) in [6, 6.07) is 6.26. The highest BCUT2D eigenvalue weighted by atomic mass is 32.2. The van der Waals surface area contributed by atoms with Gasteiger partial charge in [-0.3, -0.25) is 19.6 Å². The van der Waals surface area contributed by atoms with Gasteiger partial charge < -0.3 is 9.80 Å². The van der Waals surface area contributed by atoms with E-state index in [-0.39, 0.29) is 13.1 Å². The molecule has 0 radical (unpaired) electrons. The lowest BCUT2D eigenvalue weighted by atomic mass is 10.2. The lowest BCUT2D eigenvalue weighted by molar-refractivity contribution is -0.132. The van der Waals surface area contributed by atoms with Gasteiger partial charge in [0.1, 0.15) is 11.5 Å². The summed E-state index contributed by atoms with van der Waals surface area (Å²) in [5.41, 5.74) is 0.681. The van der Waals surface area contributed by atoms with Crippen molar-refractivity contribution in [1.29, 1.82) is 0 Å². The Kier molecular flexibility index (Phi) is 5.06. The molecule has 2 atom stereocenters. The van der Waals surface area contributed by atoms with E-state index in [0.717, 1.165) is 9.80 Å². The van der Waals surface area contributed by atoms with Crippen LogP contribution < -0.4 is 0 Å². The smallest absolute Gasteiger partial charge is 0.239 e. The Bertz CT molecular complexity index is 1090. The Hall–Kier alpha value is -2.86. The van der Waals surface area contributed by atoms with Crippen LogP contribution >= 0.6 is 0 Å². The van der Waals surface area contributed by atoms with Crippen LogP contribution in [0.15, 0.2) is 49.1 Å². The third kappa shape index (κ3) is 3.56. The Morgan fingerprint density at radius 2 is 1.17 bits per heavy atom. The van der Waals surface area contributed by atoms with Gasteiger partial charge in [-0.05, 0) is 12.1 Å². The molecular formula is C18H18N4O6S2. The van der Waals surface area contributed by atoms with Crippen LogP contribution in [-0.4, -0.2) is 73.0 Å². The standard InChI is InChI=1S/C18H18N4O6S2/c23-15-11-29(25,26)17(13-3-1-5-19-9-13)21(15)7-8-22-16(24)12-30(27,28)18(22)14-4-2-6-20-10-14/h1-6,9-10,17-18H,7-8,11-12H2/t17-,18+. The fourth-order valence-corrected chi connectivity index (χ4v) is 7.50. The van der Waals surface area contributed by atoms with E-state index in [1.165, 1.54) is 24.8 Å². The summed E-state index contributed by atoms with van der Waals surface area (Å²) < 4.78 is 50.2. The molecule has 0 saturated carbocycles. The second kappa shape index (κ2) is 7.43. The first-order chi connectivity index (χ1) is 14.2. The van der Waals surface area contributed by atoms with Crippen molar-refractivity contribution in [1.82, 2.24) is 19.8 Å². The number of rotatable bonds is 5. The van der Waals surface area contributed by atoms with Crippen molar-refractivity contribution in [2.24, 2.45) is 0 Å². The van der Waals surface area contributed by atoms with Crippen LogP contribution in [0, 0.1) is 0 Å². The molecule has 0 aliphatic carbocycles. The van der Waals surface area contributed by atoms with Gasteiger partial charge in [0.25, 0.3) is 0 Å². The van der Waals surface area contributed by atoms with Crippen molar-refractivity contribution < 1.29 is 26.4 Å². The number of carbonyl (C=O) groups is 2. The molecule has 0 N–H and O–H groups in total. The van der Waals surface area contributed by atoms with Crippen molar-refractivity contribution in [2.75, 3.05) is 24.6 Å². The lowest BCUT2D eigenvalue weighted by Gasteiger charge is -2.28. The maximum Gasteiger partial charge on any atom is 0.239 e. The van der Waals surface area contributed by atoms with Gasteiger partial charge in [-0.25, -0.2) is 16.8 Å². The summed E-state index contributed by atoms with van der Waals surface area (Å²) in [5, 5.41) is -2.44. The summed E-state index contributed by atoms with van der Waals surface area (Å²) in [4.78, 5) is 35.0. The number of hydrogen-bond donors (Lipinski definition) is 0. The molecule has 2 fully saturated rings. The molecule has 12 heteroatoms.